The molecule has 3 nitrogen and oxygen atoms in total. The fraction of sp³-hybridized carbons (Fsp3) is 0.556. The van der Waals surface area contributed by atoms with Crippen LogP contribution in [0.5, 0.6) is 0 Å². The van der Waals surface area contributed by atoms with E-state index < -0.39 is 0 Å². The smallest absolute Gasteiger partial charge is 0.166 e. The molecule has 0 fully saturated rings. The van der Waals surface area contributed by atoms with Crippen molar-refractivity contribution < 1.29 is 0 Å². The van der Waals surface area contributed by atoms with Gasteiger partial charge in [0.1, 0.15) is 5.01 Å². The second kappa shape index (κ2) is 7.03. The first-order valence-corrected chi connectivity index (χ1v) is 7.11. The molecule has 0 aliphatic rings. The van der Waals surface area contributed by atoms with Gasteiger partial charge in [-0.05, 0) is 19.1 Å². The molecule has 1 aromatic heterocycles. The van der Waals surface area contributed by atoms with Crippen molar-refractivity contribution in [2.45, 2.75) is 12.7 Å². The number of nitrogens with zero attached hydrogens (tertiary/aromatic N) is 1. The van der Waals surface area contributed by atoms with Gasteiger partial charge in [-0.25, -0.2) is 4.98 Å². The Kier molecular flexibility index (Phi) is 5.97. The molecule has 0 saturated heterocycles. The summed E-state index contributed by atoms with van der Waals surface area (Å²) in [5, 5.41) is 9.98. The van der Waals surface area contributed by atoms with Gasteiger partial charge in [0, 0.05) is 36.2 Å². The van der Waals surface area contributed by atoms with Crippen molar-refractivity contribution in [3.05, 3.63) is 16.1 Å². The summed E-state index contributed by atoms with van der Waals surface area (Å²) in [6.45, 7) is 2.92. The molecule has 2 N–H and O–H groups in total. The normalized spacial score (nSPS) is 10.0. The largest absolute Gasteiger partial charge is 0.366 e. The maximum Gasteiger partial charge on any atom is 0.166 e. The third-order valence-corrected chi connectivity index (χ3v) is 4.12. The molecule has 0 bridgehead atoms. The molecule has 0 radical (unpaired) electrons. The summed E-state index contributed by atoms with van der Waals surface area (Å²) in [6, 6.07) is 0. The molecule has 1 rings (SSSR count). The lowest BCUT2D eigenvalue weighted by Crippen LogP contribution is -2.33. The third-order valence-electron chi connectivity index (χ3n) is 1.65. The quantitative estimate of drug-likeness (QED) is 0.624. The van der Waals surface area contributed by atoms with E-state index in [-0.39, 0.29) is 0 Å². The molecule has 0 aliphatic carbocycles. The van der Waals surface area contributed by atoms with Crippen LogP contribution in [-0.4, -0.2) is 29.4 Å². The molecule has 0 aromatic carbocycles. The number of aromatic nitrogens is 1. The Labute approximate surface area is 104 Å². The summed E-state index contributed by atoms with van der Waals surface area (Å²) in [5.41, 5.74) is 1.12. The zero-order valence-corrected chi connectivity index (χ0v) is 11.3. The molecule has 6 heteroatoms. The van der Waals surface area contributed by atoms with Crippen molar-refractivity contribution in [3.63, 3.8) is 0 Å². The zero-order valence-electron chi connectivity index (χ0n) is 8.87. The fourth-order valence-corrected chi connectivity index (χ4v) is 2.76. The molecule has 1 aromatic rings. The van der Waals surface area contributed by atoms with Crippen LogP contribution in [-0.2, 0) is 5.75 Å². The Bertz CT molecular complexity index is 311. The van der Waals surface area contributed by atoms with Crippen molar-refractivity contribution >= 4 is 40.4 Å². The van der Waals surface area contributed by atoms with Gasteiger partial charge in [-0.2, -0.15) is 11.8 Å². The zero-order chi connectivity index (χ0) is 11.1. The number of hydrogen-bond acceptors (Lipinski definition) is 4. The molecule has 15 heavy (non-hydrogen) atoms. The Hall–Kier alpha value is -0.330. The molecule has 1 heterocycles. The molecule has 0 aliphatic heterocycles. The number of thioether (sulfide) groups is 1. The van der Waals surface area contributed by atoms with Crippen LogP contribution in [0.4, 0.5) is 0 Å². The summed E-state index contributed by atoms with van der Waals surface area (Å²) in [6.07, 6.45) is 0. The minimum Gasteiger partial charge on any atom is -0.366 e. The Morgan fingerprint density at radius 3 is 3.07 bits per heavy atom. The van der Waals surface area contributed by atoms with Gasteiger partial charge in [-0.3, -0.25) is 0 Å². The molecule has 0 atom stereocenters. The standard InChI is InChI=1S/C9H15N3S3/c1-7-5-15-8(12-7)6-14-4-3-11-9(13)10-2/h5H,3-4,6H2,1-2H3,(H2,10,11,13). The van der Waals surface area contributed by atoms with E-state index in [1.165, 1.54) is 5.01 Å². The highest BCUT2D eigenvalue weighted by Crippen LogP contribution is 2.15. The number of aryl methyl sites for hydroxylation is 1. The molecule has 0 unspecified atom stereocenters. The van der Waals surface area contributed by atoms with Gasteiger partial charge >= 0.3 is 0 Å². The van der Waals surface area contributed by atoms with Crippen molar-refractivity contribution in [2.75, 3.05) is 19.3 Å². The van der Waals surface area contributed by atoms with Crippen LogP contribution in [0.2, 0.25) is 0 Å². The molecular formula is C9H15N3S3. The highest BCUT2D eigenvalue weighted by atomic mass is 32.2. The molecule has 0 saturated carbocycles. The van der Waals surface area contributed by atoms with E-state index in [9.17, 15) is 0 Å². The summed E-state index contributed by atoms with van der Waals surface area (Å²) < 4.78 is 0. The van der Waals surface area contributed by atoms with Crippen LogP contribution in [0.15, 0.2) is 5.38 Å². The second-order valence-electron chi connectivity index (χ2n) is 2.94. The SMILES string of the molecule is CNC(=S)NCCSCc1nc(C)cs1. The Balaban J connectivity index is 2.05. The molecule has 84 valence electrons. The maximum atomic E-state index is 4.96. The van der Waals surface area contributed by atoms with Gasteiger partial charge in [0.05, 0.1) is 0 Å². The van der Waals surface area contributed by atoms with Gasteiger partial charge in [0.2, 0.25) is 0 Å². The van der Waals surface area contributed by atoms with Crippen LogP contribution in [0.3, 0.4) is 0 Å². The third kappa shape index (κ3) is 5.34. The number of thiazole rings is 1. The Morgan fingerprint density at radius 2 is 2.47 bits per heavy atom. The van der Waals surface area contributed by atoms with Crippen molar-refractivity contribution in [1.82, 2.24) is 15.6 Å². The monoisotopic (exact) mass is 261 g/mol. The average molecular weight is 261 g/mol. The highest BCUT2D eigenvalue weighted by Gasteiger charge is 1.98. The van der Waals surface area contributed by atoms with E-state index in [2.05, 4.69) is 21.0 Å². The van der Waals surface area contributed by atoms with Crippen LogP contribution in [0.25, 0.3) is 0 Å². The molecular weight excluding hydrogens is 246 g/mol. The maximum absolute atomic E-state index is 4.96. The highest BCUT2D eigenvalue weighted by molar-refractivity contribution is 7.98. The summed E-state index contributed by atoms with van der Waals surface area (Å²) in [4.78, 5) is 4.40. The van der Waals surface area contributed by atoms with E-state index in [0.717, 1.165) is 23.7 Å². The lowest BCUT2D eigenvalue weighted by Gasteiger charge is -2.05. The number of rotatable bonds is 5. The van der Waals surface area contributed by atoms with Crippen LogP contribution >= 0.6 is 35.3 Å². The number of thiocarbonyl (C=S) groups is 1. The van der Waals surface area contributed by atoms with Gasteiger partial charge in [0.25, 0.3) is 0 Å². The van der Waals surface area contributed by atoms with E-state index in [1.807, 2.05) is 25.7 Å². The predicted octanol–water partition coefficient (Wildman–Crippen LogP) is 1.78. The minimum atomic E-state index is 0.709. The van der Waals surface area contributed by atoms with Gasteiger partial charge in [0.15, 0.2) is 5.11 Å². The lowest BCUT2D eigenvalue weighted by molar-refractivity contribution is 0.943. The number of nitrogens with one attached hydrogen (secondary N) is 2. The fourth-order valence-electron chi connectivity index (χ4n) is 0.954. The van der Waals surface area contributed by atoms with Gasteiger partial charge in [-0.15, -0.1) is 11.3 Å². The second-order valence-corrected chi connectivity index (χ2v) is 5.40. The van der Waals surface area contributed by atoms with Crippen molar-refractivity contribution in [3.8, 4) is 0 Å². The lowest BCUT2D eigenvalue weighted by atomic mass is 10.6. The van der Waals surface area contributed by atoms with E-state index in [4.69, 9.17) is 12.2 Å². The topological polar surface area (TPSA) is 37.0 Å². The summed E-state index contributed by atoms with van der Waals surface area (Å²) in [7, 11) is 1.82. The van der Waals surface area contributed by atoms with Crippen LogP contribution in [0, 0.1) is 6.92 Å². The Morgan fingerprint density at radius 1 is 1.67 bits per heavy atom. The minimum absolute atomic E-state index is 0.709. The van der Waals surface area contributed by atoms with E-state index in [0.29, 0.717) is 5.11 Å². The molecule has 0 spiro atoms. The summed E-state index contributed by atoms with van der Waals surface area (Å²) >= 11 is 8.56. The molecule has 0 amide bonds. The van der Waals surface area contributed by atoms with Crippen LogP contribution < -0.4 is 10.6 Å². The average Bonchev–Trinajstić information content (AvgIpc) is 2.63. The predicted molar refractivity (Wildman–Crippen MR) is 72.7 cm³/mol. The van der Waals surface area contributed by atoms with E-state index in [1.54, 1.807) is 11.3 Å². The van der Waals surface area contributed by atoms with Crippen LogP contribution in [0.1, 0.15) is 10.7 Å². The first kappa shape index (κ1) is 12.7. The number of hydrogen-bond donors (Lipinski definition) is 2. The van der Waals surface area contributed by atoms with Gasteiger partial charge < -0.3 is 10.6 Å². The first-order valence-electron chi connectivity index (χ1n) is 4.66. The van der Waals surface area contributed by atoms with Crippen molar-refractivity contribution in [1.29, 1.82) is 0 Å². The first-order chi connectivity index (χ1) is 7.22. The van der Waals surface area contributed by atoms with Gasteiger partial charge in [-0.1, -0.05) is 0 Å². The summed E-state index contributed by atoms with van der Waals surface area (Å²) in [5.74, 6) is 2.03. The van der Waals surface area contributed by atoms with E-state index >= 15 is 0 Å². The van der Waals surface area contributed by atoms with Crippen molar-refractivity contribution in [2.24, 2.45) is 0 Å².